The molecule has 0 spiro atoms. The number of fused-ring (bicyclic) bond motifs is 2. The van der Waals surface area contributed by atoms with Gasteiger partial charge in [-0.25, -0.2) is 18.0 Å². The van der Waals surface area contributed by atoms with Crippen molar-refractivity contribution in [1.82, 2.24) is 9.47 Å². The highest BCUT2D eigenvalue weighted by Crippen LogP contribution is 2.41. The van der Waals surface area contributed by atoms with Crippen LogP contribution in [-0.2, 0) is 13.1 Å². The van der Waals surface area contributed by atoms with Crippen LogP contribution in [0.5, 0.6) is 0 Å². The molecule has 0 radical (unpaired) electrons. The highest BCUT2D eigenvalue weighted by Gasteiger charge is 2.33. The zero-order chi connectivity index (χ0) is 21.3. The molecule has 2 heterocycles. The molecule has 30 heavy (non-hydrogen) atoms. The van der Waals surface area contributed by atoms with Crippen molar-refractivity contribution in [2.75, 3.05) is 7.05 Å². The van der Waals surface area contributed by atoms with Crippen molar-refractivity contribution in [3.05, 3.63) is 68.8 Å². The van der Waals surface area contributed by atoms with Crippen LogP contribution in [0.1, 0.15) is 40.4 Å². The molecular formula is C22H17F3N2O3. The van der Waals surface area contributed by atoms with E-state index < -0.39 is 45.4 Å². The Morgan fingerprint density at radius 2 is 1.77 bits per heavy atom. The lowest BCUT2D eigenvalue weighted by molar-refractivity contribution is 0.0694. The monoisotopic (exact) mass is 414 g/mol. The number of hydrogen-bond donors (Lipinski definition) is 1. The molecule has 2 aromatic carbocycles. The van der Waals surface area contributed by atoms with Crippen LogP contribution in [0.2, 0.25) is 0 Å². The molecule has 1 aliphatic heterocycles. The Kier molecular flexibility index (Phi) is 4.05. The predicted molar refractivity (Wildman–Crippen MR) is 104 cm³/mol. The molecule has 1 fully saturated rings. The summed E-state index contributed by atoms with van der Waals surface area (Å²) in [5, 5.41) is 8.44. The van der Waals surface area contributed by atoms with Crippen LogP contribution < -0.4 is 5.43 Å². The Balaban J connectivity index is 1.85. The normalized spacial score (nSPS) is 16.3. The summed E-state index contributed by atoms with van der Waals surface area (Å²) in [5.41, 5.74) is -0.767. The third kappa shape index (κ3) is 2.67. The molecule has 8 heteroatoms. The second-order valence-corrected chi connectivity index (χ2v) is 8.01. The van der Waals surface area contributed by atoms with Gasteiger partial charge in [-0.05, 0) is 42.6 Å². The Hall–Kier alpha value is -3.13. The van der Waals surface area contributed by atoms with Crippen molar-refractivity contribution < 1.29 is 23.1 Å². The van der Waals surface area contributed by atoms with E-state index in [2.05, 4.69) is 0 Å². The summed E-state index contributed by atoms with van der Waals surface area (Å²) >= 11 is 0. The SMILES string of the molecule is CN1Cc2ccc(-c3c(F)c(F)c4c(=O)c(C(=O)O)cn(C5CC5)c4c3F)cc2C1. The number of aromatic nitrogens is 1. The standard InChI is InChI=1S/C22H17F3N2O3/c1-26-7-11-3-2-10(6-12(11)8-26)15-17(23)18(24)16-20(19(15)25)27(13-4-5-13)9-14(21(16)28)22(29)30/h2-3,6,9,13H,4-5,7-8H2,1H3,(H,29,30). The van der Waals surface area contributed by atoms with Crippen molar-refractivity contribution in [2.24, 2.45) is 0 Å². The zero-order valence-corrected chi connectivity index (χ0v) is 16.0. The summed E-state index contributed by atoms with van der Waals surface area (Å²) in [5.74, 6) is -5.64. The quantitative estimate of drug-likeness (QED) is 0.657. The van der Waals surface area contributed by atoms with E-state index in [-0.39, 0.29) is 17.1 Å². The molecule has 1 saturated carbocycles. The first kappa shape index (κ1) is 18.9. The highest BCUT2D eigenvalue weighted by molar-refractivity contribution is 5.94. The molecular weight excluding hydrogens is 397 g/mol. The Morgan fingerprint density at radius 3 is 2.43 bits per heavy atom. The number of carboxylic acids is 1. The molecule has 1 aliphatic carbocycles. The van der Waals surface area contributed by atoms with Gasteiger partial charge in [-0.15, -0.1) is 0 Å². The average Bonchev–Trinajstić information content (AvgIpc) is 3.46. The molecule has 5 nitrogen and oxygen atoms in total. The van der Waals surface area contributed by atoms with Gasteiger partial charge in [0.2, 0.25) is 5.43 Å². The summed E-state index contributed by atoms with van der Waals surface area (Å²) in [6.45, 7) is 1.32. The van der Waals surface area contributed by atoms with Gasteiger partial charge in [-0.2, -0.15) is 0 Å². The maximum absolute atomic E-state index is 15.7. The van der Waals surface area contributed by atoms with Gasteiger partial charge in [0.25, 0.3) is 0 Å². The Morgan fingerprint density at radius 1 is 1.07 bits per heavy atom. The van der Waals surface area contributed by atoms with E-state index in [0.29, 0.717) is 25.9 Å². The summed E-state index contributed by atoms with van der Waals surface area (Å²) in [4.78, 5) is 26.0. The molecule has 0 saturated heterocycles. The van der Waals surface area contributed by atoms with Gasteiger partial charge in [0.1, 0.15) is 5.56 Å². The van der Waals surface area contributed by atoms with Gasteiger partial charge < -0.3 is 9.67 Å². The maximum atomic E-state index is 15.7. The van der Waals surface area contributed by atoms with Gasteiger partial charge in [0.15, 0.2) is 17.5 Å². The topological polar surface area (TPSA) is 62.5 Å². The van der Waals surface area contributed by atoms with Gasteiger partial charge in [0.05, 0.1) is 16.5 Å². The second kappa shape index (κ2) is 6.43. The van der Waals surface area contributed by atoms with E-state index in [4.69, 9.17) is 0 Å². The average molecular weight is 414 g/mol. The van der Waals surface area contributed by atoms with Crippen LogP contribution in [0, 0.1) is 17.5 Å². The van der Waals surface area contributed by atoms with E-state index in [1.54, 1.807) is 12.1 Å². The predicted octanol–water partition coefficient (Wildman–Crippen LogP) is 4.06. The second-order valence-electron chi connectivity index (χ2n) is 8.01. The zero-order valence-electron chi connectivity index (χ0n) is 16.0. The number of carboxylic acid groups (broad SMARTS) is 1. The van der Waals surface area contributed by atoms with E-state index in [1.165, 1.54) is 10.6 Å². The molecule has 1 N–H and O–H groups in total. The molecule has 5 rings (SSSR count). The van der Waals surface area contributed by atoms with E-state index in [1.807, 2.05) is 11.9 Å². The van der Waals surface area contributed by atoms with Gasteiger partial charge in [-0.3, -0.25) is 9.69 Å². The maximum Gasteiger partial charge on any atom is 0.341 e. The number of benzene rings is 2. The lowest BCUT2D eigenvalue weighted by Crippen LogP contribution is -2.21. The highest BCUT2D eigenvalue weighted by atomic mass is 19.2. The van der Waals surface area contributed by atoms with Gasteiger partial charge >= 0.3 is 5.97 Å². The number of hydrogen-bond acceptors (Lipinski definition) is 3. The number of rotatable bonds is 3. The van der Waals surface area contributed by atoms with Crippen LogP contribution in [0.3, 0.4) is 0 Å². The fraction of sp³-hybridized carbons (Fsp3) is 0.273. The van der Waals surface area contributed by atoms with Gasteiger partial charge in [-0.1, -0.05) is 12.1 Å². The number of pyridine rings is 1. The fourth-order valence-corrected chi connectivity index (χ4v) is 4.26. The van der Waals surface area contributed by atoms with Crippen molar-refractivity contribution in [3.63, 3.8) is 0 Å². The minimum Gasteiger partial charge on any atom is -0.477 e. The first-order chi connectivity index (χ1) is 14.3. The molecule has 0 bridgehead atoms. The minimum atomic E-state index is -1.57. The summed E-state index contributed by atoms with van der Waals surface area (Å²) in [6, 6.07) is 4.68. The lowest BCUT2D eigenvalue weighted by Gasteiger charge is -2.16. The van der Waals surface area contributed by atoms with E-state index in [9.17, 15) is 14.7 Å². The largest absolute Gasteiger partial charge is 0.477 e. The first-order valence-electron chi connectivity index (χ1n) is 9.57. The molecule has 1 aromatic heterocycles. The van der Waals surface area contributed by atoms with Crippen molar-refractivity contribution >= 4 is 16.9 Å². The van der Waals surface area contributed by atoms with E-state index >= 15 is 13.2 Å². The molecule has 154 valence electrons. The summed E-state index contributed by atoms with van der Waals surface area (Å²) in [6.07, 6.45) is 2.30. The summed E-state index contributed by atoms with van der Waals surface area (Å²) in [7, 11) is 1.92. The molecule has 2 aliphatic rings. The van der Waals surface area contributed by atoms with Crippen LogP contribution in [0.4, 0.5) is 13.2 Å². The van der Waals surface area contributed by atoms with Crippen LogP contribution in [0.25, 0.3) is 22.0 Å². The van der Waals surface area contributed by atoms with Crippen LogP contribution in [0.15, 0.2) is 29.2 Å². The van der Waals surface area contributed by atoms with Crippen LogP contribution >= 0.6 is 0 Å². The number of aromatic carboxylic acids is 1. The number of halogens is 3. The summed E-state index contributed by atoms with van der Waals surface area (Å²) < 4.78 is 47.0. The lowest BCUT2D eigenvalue weighted by atomic mass is 9.97. The Bertz CT molecular complexity index is 1310. The number of carbonyl (C=O) groups is 1. The van der Waals surface area contributed by atoms with Crippen molar-refractivity contribution in [2.45, 2.75) is 32.0 Å². The Labute approximate surface area is 169 Å². The van der Waals surface area contributed by atoms with Crippen molar-refractivity contribution in [3.8, 4) is 11.1 Å². The molecule has 3 aromatic rings. The minimum absolute atomic E-state index is 0.178. The molecule has 0 unspecified atom stereocenters. The number of nitrogens with zero attached hydrogens (tertiary/aromatic N) is 2. The van der Waals surface area contributed by atoms with Gasteiger partial charge in [0, 0.05) is 25.3 Å². The van der Waals surface area contributed by atoms with Crippen LogP contribution in [-0.4, -0.2) is 27.6 Å². The third-order valence-corrected chi connectivity index (χ3v) is 5.84. The van der Waals surface area contributed by atoms with Crippen molar-refractivity contribution in [1.29, 1.82) is 0 Å². The molecule has 0 amide bonds. The smallest absolute Gasteiger partial charge is 0.341 e. The molecule has 0 atom stereocenters. The van der Waals surface area contributed by atoms with E-state index in [0.717, 1.165) is 17.3 Å². The first-order valence-corrected chi connectivity index (χ1v) is 9.57. The third-order valence-electron chi connectivity index (χ3n) is 5.84. The fourth-order valence-electron chi connectivity index (χ4n) is 4.26.